The Hall–Kier alpha value is -4.79. The summed E-state index contributed by atoms with van der Waals surface area (Å²) in [4.78, 5) is 38.7. The van der Waals surface area contributed by atoms with Gasteiger partial charge >= 0.3 is 5.97 Å². The number of furan rings is 2. The Morgan fingerprint density at radius 3 is 2.20 bits per heavy atom. The van der Waals surface area contributed by atoms with Gasteiger partial charge in [-0.05, 0) is 67.9 Å². The Morgan fingerprint density at radius 1 is 0.914 bits per heavy atom. The lowest BCUT2D eigenvalue weighted by Crippen LogP contribution is -2.30. The first-order valence-corrected chi connectivity index (χ1v) is 10.8. The third-order valence-electron chi connectivity index (χ3n) is 5.22. The highest BCUT2D eigenvalue weighted by Gasteiger charge is 2.21. The minimum absolute atomic E-state index is 0.232. The van der Waals surface area contributed by atoms with E-state index < -0.39 is 18.0 Å². The summed E-state index contributed by atoms with van der Waals surface area (Å²) in [5, 5.41) is 2.63. The number of hydrogen-bond acceptors (Lipinski definition) is 8. The van der Waals surface area contributed by atoms with E-state index in [1.54, 1.807) is 67.3 Å². The van der Waals surface area contributed by atoms with E-state index in [0.717, 1.165) is 5.56 Å². The molecule has 5 rings (SSSR count). The lowest BCUT2D eigenvalue weighted by molar-refractivity contribution is -0.123. The first-order chi connectivity index (χ1) is 17.0. The average Bonchev–Trinajstić information content (AvgIpc) is 3.59. The van der Waals surface area contributed by atoms with Gasteiger partial charge in [0.2, 0.25) is 0 Å². The number of pyridine rings is 1. The SMILES string of the molecule is Cc1ccc(NC(=O)C(C)OC(=O)c2ccc3nc(-c4ccco4)c(-c4ccco4)nc3c2)nc1. The molecule has 0 saturated heterocycles. The van der Waals surface area contributed by atoms with Crippen LogP contribution in [0.25, 0.3) is 33.9 Å². The lowest BCUT2D eigenvalue weighted by Gasteiger charge is -2.13. The van der Waals surface area contributed by atoms with Crippen LogP contribution in [0.1, 0.15) is 22.8 Å². The number of ether oxygens (including phenoxy) is 1. The number of carbonyl (C=O) groups is 2. The number of rotatable bonds is 6. The number of aryl methyl sites for hydroxylation is 1. The average molecular weight is 468 g/mol. The molecule has 0 fully saturated rings. The monoisotopic (exact) mass is 468 g/mol. The van der Waals surface area contributed by atoms with Crippen molar-refractivity contribution in [2.24, 2.45) is 0 Å². The van der Waals surface area contributed by atoms with Gasteiger partial charge in [0.25, 0.3) is 5.91 Å². The molecule has 35 heavy (non-hydrogen) atoms. The molecule has 1 N–H and O–H groups in total. The van der Waals surface area contributed by atoms with E-state index in [0.29, 0.717) is 39.8 Å². The van der Waals surface area contributed by atoms with Crippen LogP contribution in [-0.2, 0) is 9.53 Å². The van der Waals surface area contributed by atoms with Crippen LogP contribution >= 0.6 is 0 Å². The summed E-state index contributed by atoms with van der Waals surface area (Å²) < 4.78 is 16.4. The zero-order valence-corrected chi connectivity index (χ0v) is 18.9. The first-order valence-electron chi connectivity index (χ1n) is 10.8. The molecule has 1 amide bonds. The maximum Gasteiger partial charge on any atom is 0.338 e. The molecule has 9 nitrogen and oxygen atoms in total. The van der Waals surface area contributed by atoms with Crippen LogP contribution in [0.2, 0.25) is 0 Å². The fourth-order valence-corrected chi connectivity index (χ4v) is 3.40. The Bertz CT molecular complexity index is 1490. The minimum Gasteiger partial charge on any atom is -0.463 e. The van der Waals surface area contributed by atoms with Gasteiger partial charge in [-0.3, -0.25) is 4.79 Å². The Kier molecular flexibility index (Phi) is 5.80. The van der Waals surface area contributed by atoms with Crippen LogP contribution in [0.5, 0.6) is 0 Å². The van der Waals surface area contributed by atoms with Crippen LogP contribution < -0.4 is 5.32 Å². The van der Waals surface area contributed by atoms with Crippen molar-refractivity contribution >= 4 is 28.7 Å². The van der Waals surface area contributed by atoms with Crippen molar-refractivity contribution in [1.29, 1.82) is 0 Å². The van der Waals surface area contributed by atoms with Crippen molar-refractivity contribution in [2.45, 2.75) is 20.0 Å². The van der Waals surface area contributed by atoms with Crippen molar-refractivity contribution < 1.29 is 23.2 Å². The summed E-state index contributed by atoms with van der Waals surface area (Å²) in [5.74, 6) is 0.273. The van der Waals surface area contributed by atoms with Gasteiger partial charge in [0.1, 0.15) is 17.2 Å². The van der Waals surface area contributed by atoms with E-state index in [2.05, 4.69) is 20.3 Å². The maximum absolute atomic E-state index is 12.8. The number of anilines is 1. The number of nitrogens with one attached hydrogen (secondary N) is 1. The molecule has 1 aromatic carbocycles. The lowest BCUT2D eigenvalue weighted by atomic mass is 10.1. The summed E-state index contributed by atoms with van der Waals surface area (Å²) in [6, 6.07) is 15.4. The maximum atomic E-state index is 12.8. The molecular formula is C26H20N4O5. The molecule has 0 spiro atoms. The van der Waals surface area contributed by atoms with Gasteiger partial charge in [-0.1, -0.05) is 6.07 Å². The number of esters is 1. The number of hydrogen-bond donors (Lipinski definition) is 1. The number of carbonyl (C=O) groups excluding carboxylic acids is 2. The Morgan fingerprint density at radius 2 is 1.60 bits per heavy atom. The molecule has 4 aromatic heterocycles. The zero-order chi connectivity index (χ0) is 24.4. The topological polar surface area (TPSA) is 120 Å². The van der Waals surface area contributed by atoms with Crippen molar-refractivity contribution in [2.75, 3.05) is 5.32 Å². The Labute approximate surface area is 199 Å². The molecule has 9 heteroatoms. The largest absolute Gasteiger partial charge is 0.463 e. The van der Waals surface area contributed by atoms with E-state index >= 15 is 0 Å². The standard InChI is InChI=1S/C26H20N4O5/c1-15-7-10-22(27-14-15)30-25(31)16(2)35-26(32)17-8-9-18-19(13-17)29-24(21-6-4-12-34-21)23(28-18)20-5-3-11-33-20/h3-14,16H,1-2H3,(H,27,30,31). The molecule has 1 atom stereocenters. The molecule has 5 aromatic rings. The summed E-state index contributed by atoms with van der Waals surface area (Å²) in [7, 11) is 0. The van der Waals surface area contributed by atoms with Crippen molar-refractivity contribution in [1.82, 2.24) is 15.0 Å². The second kappa shape index (κ2) is 9.22. The van der Waals surface area contributed by atoms with Crippen LogP contribution in [0, 0.1) is 6.92 Å². The molecule has 0 radical (unpaired) electrons. The van der Waals surface area contributed by atoms with E-state index in [1.165, 1.54) is 6.92 Å². The number of aromatic nitrogens is 3. The van der Waals surface area contributed by atoms with Crippen molar-refractivity contribution in [3.05, 3.63) is 84.4 Å². The zero-order valence-electron chi connectivity index (χ0n) is 18.9. The summed E-state index contributed by atoms with van der Waals surface area (Å²) in [6.07, 6.45) is 3.70. The smallest absolute Gasteiger partial charge is 0.338 e. The summed E-state index contributed by atoms with van der Waals surface area (Å²) in [5.41, 5.74) is 3.20. The number of benzene rings is 1. The molecule has 0 bridgehead atoms. The first kappa shape index (κ1) is 22.0. The normalized spacial score (nSPS) is 11.8. The molecule has 1 unspecified atom stereocenters. The van der Waals surface area contributed by atoms with Gasteiger partial charge < -0.3 is 18.9 Å². The van der Waals surface area contributed by atoms with Crippen LogP contribution in [0.4, 0.5) is 5.82 Å². The van der Waals surface area contributed by atoms with Crippen LogP contribution in [0.15, 0.2) is 82.2 Å². The fourth-order valence-electron chi connectivity index (χ4n) is 3.40. The van der Waals surface area contributed by atoms with Gasteiger partial charge in [-0.2, -0.15) is 0 Å². The van der Waals surface area contributed by atoms with E-state index in [1.807, 2.05) is 13.0 Å². The number of amides is 1. The van der Waals surface area contributed by atoms with Gasteiger partial charge in [0.05, 0.1) is 29.1 Å². The number of nitrogens with zero attached hydrogens (tertiary/aromatic N) is 3. The third kappa shape index (κ3) is 4.65. The van der Waals surface area contributed by atoms with Gasteiger partial charge in [-0.15, -0.1) is 0 Å². The van der Waals surface area contributed by atoms with E-state index in [4.69, 9.17) is 13.6 Å². The van der Waals surface area contributed by atoms with Gasteiger partial charge in [-0.25, -0.2) is 19.7 Å². The molecule has 0 saturated carbocycles. The molecule has 0 aliphatic carbocycles. The predicted octanol–water partition coefficient (Wildman–Crippen LogP) is 5.04. The fraction of sp³-hybridized carbons (Fsp3) is 0.115. The molecule has 174 valence electrons. The highest BCUT2D eigenvalue weighted by atomic mass is 16.5. The highest BCUT2D eigenvalue weighted by Crippen LogP contribution is 2.31. The second-order valence-electron chi connectivity index (χ2n) is 7.84. The quantitative estimate of drug-likeness (QED) is 0.344. The van der Waals surface area contributed by atoms with Gasteiger partial charge in [0, 0.05) is 6.20 Å². The summed E-state index contributed by atoms with van der Waals surface area (Å²) in [6.45, 7) is 3.39. The minimum atomic E-state index is -1.03. The second-order valence-corrected chi connectivity index (χ2v) is 7.84. The van der Waals surface area contributed by atoms with Crippen molar-refractivity contribution in [3.63, 3.8) is 0 Å². The predicted molar refractivity (Wildman–Crippen MR) is 127 cm³/mol. The molecule has 4 heterocycles. The van der Waals surface area contributed by atoms with Crippen LogP contribution in [-0.4, -0.2) is 32.9 Å². The van der Waals surface area contributed by atoms with Crippen molar-refractivity contribution in [3.8, 4) is 22.9 Å². The third-order valence-corrected chi connectivity index (χ3v) is 5.22. The van der Waals surface area contributed by atoms with E-state index in [9.17, 15) is 9.59 Å². The molecular weight excluding hydrogens is 448 g/mol. The molecule has 0 aliphatic rings. The summed E-state index contributed by atoms with van der Waals surface area (Å²) >= 11 is 0. The highest BCUT2D eigenvalue weighted by molar-refractivity contribution is 5.98. The molecule has 0 aliphatic heterocycles. The van der Waals surface area contributed by atoms with E-state index in [-0.39, 0.29) is 5.56 Å². The van der Waals surface area contributed by atoms with Crippen LogP contribution in [0.3, 0.4) is 0 Å². The Balaban J connectivity index is 1.39. The number of fused-ring (bicyclic) bond motifs is 1. The van der Waals surface area contributed by atoms with Gasteiger partial charge in [0.15, 0.2) is 17.6 Å².